The van der Waals surface area contributed by atoms with Crippen molar-refractivity contribution in [2.75, 3.05) is 11.1 Å². The van der Waals surface area contributed by atoms with Gasteiger partial charge in [0, 0.05) is 39.8 Å². The first kappa shape index (κ1) is 17.7. The maximum Gasteiger partial charge on any atom is 0.259 e. The predicted molar refractivity (Wildman–Crippen MR) is 74.9 cm³/mol. The molecule has 1 aromatic heterocycles. The van der Waals surface area contributed by atoms with Crippen molar-refractivity contribution >= 4 is 23.5 Å². The average molecular weight is 369 g/mol. The molecule has 8 heteroatoms. The van der Waals surface area contributed by atoms with Gasteiger partial charge in [0.15, 0.2) is 5.16 Å². The van der Waals surface area contributed by atoms with Crippen LogP contribution in [0.25, 0.3) is 0 Å². The van der Waals surface area contributed by atoms with E-state index in [1.54, 1.807) is 7.05 Å². The number of nitrogens with one attached hydrogen (secondary N) is 1. The van der Waals surface area contributed by atoms with Gasteiger partial charge in [0.1, 0.15) is 5.82 Å². The van der Waals surface area contributed by atoms with Crippen LogP contribution in [0.5, 0.6) is 0 Å². The zero-order chi connectivity index (χ0) is 14.2. The van der Waals surface area contributed by atoms with Crippen LogP contribution in [0.15, 0.2) is 9.95 Å². The largest absolute Gasteiger partial charge is 0.396 e. The molecule has 1 radical (unpaired) electrons. The first-order valence-electron chi connectivity index (χ1n) is 5.86. The molecule has 0 aromatic carbocycles. The van der Waals surface area contributed by atoms with E-state index in [1.807, 2.05) is 0 Å². The molecule has 0 fully saturated rings. The zero-order valence-electron chi connectivity index (χ0n) is 11.3. The van der Waals surface area contributed by atoms with E-state index in [2.05, 4.69) is 24.1 Å². The summed E-state index contributed by atoms with van der Waals surface area (Å²) in [6, 6.07) is -0.107. The van der Waals surface area contributed by atoms with Crippen LogP contribution in [-0.4, -0.2) is 27.3 Å². The Labute approximate surface area is 147 Å². The summed E-state index contributed by atoms with van der Waals surface area (Å²) in [5.41, 5.74) is 5.60. The quantitative estimate of drug-likeness (QED) is 0.453. The Morgan fingerprint density at radius 1 is 1.60 bits per heavy atom. The van der Waals surface area contributed by atoms with E-state index in [9.17, 15) is 9.59 Å². The molecule has 0 saturated carbocycles. The van der Waals surface area contributed by atoms with E-state index < -0.39 is 5.91 Å². The number of anilines is 1. The second-order valence-electron chi connectivity index (χ2n) is 4.42. The minimum atomic E-state index is -0.446. The van der Waals surface area contributed by atoms with Crippen LogP contribution in [0.1, 0.15) is 17.9 Å². The van der Waals surface area contributed by atoms with Crippen molar-refractivity contribution in [3.63, 3.8) is 0 Å². The van der Waals surface area contributed by atoms with Crippen LogP contribution in [0, 0.1) is 13.8 Å². The molecule has 1 amide bonds. The monoisotopic (exact) mass is 369 g/mol. The van der Waals surface area contributed by atoms with Crippen molar-refractivity contribution in [2.45, 2.75) is 23.5 Å². The third-order valence-corrected chi connectivity index (χ3v) is 4.17. The van der Waals surface area contributed by atoms with Gasteiger partial charge in [0.05, 0.1) is 11.3 Å². The normalized spacial score (nSPS) is 19.9. The molecule has 2 heterocycles. The summed E-state index contributed by atoms with van der Waals surface area (Å²) in [5, 5.41) is 3.55. The first-order valence-corrected chi connectivity index (χ1v) is 6.85. The second kappa shape index (κ2) is 7.05. The van der Waals surface area contributed by atoms with Crippen molar-refractivity contribution in [3.8, 4) is 0 Å². The molecule has 1 aromatic rings. The molecule has 0 bridgehead atoms. The smallest absolute Gasteiger partial charge is 0.259 e. The van der Waals surface area contributed by atoms with Gasteiger partial charge in [-0.25, -0.2) is 4.98 Å². The molecule has 107 valence electrons. The molecule has 1 aliphatic heterocycles. The Morgan fingerprint density at radius 2 is 2.25 bits per heavy atom. The van der Waals surface area contributed by atoms with Gasteiger partial charge >= 0.3 is 0 Å². The third-order valence-electron chi connectivity index (χ3n) is 3.12. The molecule has 0 spiro atoms. The summed E-state index contributed by atoms with van der Waals surface area (Å²) in [6.45, 7) is 7.81. The van der Waals surface area contributed by atoms with Crippen LogP contribution in [0.3, 0.4) is 0 Å². The van der Waals surface area contributed by atoms with Crippen molar-refractivity contribution in [2.24, 2.45) is 12.8 Å². The number of hydrogen-bond acceptors (Lipinski definition) is 5. The van der Waals surface area contributed by atoms with Crippen molar-refractivity contribution in [1.29, 1.82) is 0 Å². The zero-order valence-corrected chi connectivity index (χ0v) is 14.9. The molecule has 0 saturated heterocycles. The summed E-state index contributed by atoms with van der Waals surface area (Å²) in [7, 11) is 1.63. The molecular weight excluding hydrogens is 353 g/mol. The van der Waals surface area contributed by atoms with Gasteiger partial charge in [-0.3, -0.25) is 14.2 Å². The average Bonchev–Trinajstić information content (AvgIpc) is 2.67. The molecular formula is C12H16N4O2SY-2. The van der Waals surface area contributed by atoms with Gasteiger partial charge in [0.2, 0.25) is 5.91 Å². The van der Waals surface area contributed by atoms with Crippen molar-refractivity contribution in [1.82, 2.24) is 9.55 Å². The minimum absolute atomic E-state index is 0. The van der Waals surface area contributed by atoms with E-state index in [-0.39, 0.29) is 56.0 Å². The van der Waals surface area contributed by atoms with E-state index in [4.69, 9.17) is 5.73 Å². The molecule has 0 aliphatic carbocycles. The summed E-state index contributed by atoms with van der Waals surface area (Å²) < 4.78 is 1.44. The standard InChI is InChI=1S/C12H16N4O2S.Y/c1-4-7-6(2)14-10-9(7)11(18)16(3)12(15-10)19-5-8(13)17;/h6-7,14H,1-2,4-5H2,3H3,(H2,13,17);/q-2;. The van der Waals surface area contributed by atoms with Gasteiger partial charge < -0.3 is 24.9 Å². The summed E-state index contributed by atoms with van der Waals surface area (Å²) in [6.07, 6.45) is 0.582. The Bertz CT molecular complexity index is 575. The van der Waals surface area contributed by atoms with Crippen molar-refractivity contribution in [3.05, 3.63) is 29.8 Å². The molecule has 1 aliphatic rings. The summed E-state index contributed by atoms with van der Waals surface area (Å²) in [4.78, 5) is 27.5. The molecule has 6 nitrogen and oxygen atoms in total. The fraction of sp³-hybridized carbons (Fsp3) is 0.417. The maximum absolute atomic E-state index is 12.3. The number of aromatic nitrogens is 2. The number of rotatable bonds is 4. The van der Waals surface area contributed by atoms with Crippen LogP contribution in [0.4, 0.5) is 5.82 Å². The number of thioether (sulfide) groups is 1. The Kier molecular flexibility index (Phi) is 6.22. The Hall–Kier alpha value is -0.396. The number of carbonyl (C=O) groups excluding carboxylic acids is 1. The number of primary amides is 1. The number of nitrogens with zero attached hydrogens (tertiary/aromatic N) is 2. The van der Waals surface area contributed by atoms with Crippen LogP contribution < -0.4 is 16.6 Å². The van der Waals surface area contributed by atoms with Gasteiger partial charge in [-0.15, -0.1) is 0 Å². The van der Waals surface area contributed by atoms with Gasteiger partial charge in [-0.2, -0.15) is 6.42 Å². The topological polar surface area (TPSA) is 90.0 Å². The first-order chi connectivity index (χ1) is 8.95. The van der Waals surface area contributed by atoms with E-state index in [0.29, 0.717) is 23.0 Å². The van der Waals surface area contributed by atoms with Gasteiger partial charge in [-0.05, 0) is 5.92 Å². The van der Waals surface area contributed by atoms with E-state index in [1.165, 1.54) is 4.57 Å². The molecule has 3 N–H and O–H groups in total. The summed E-state index contributed by atoms with van der Waals surface area (Å²) >= 11 is 1.15. The molecule has 2 rings (SSSR count). The van der Waals surface area contributed by atoms with E-state index >= 15 is 0 Å². The molecule has 2 unspecified atom stereocenters. The van der Waals surface area contributed by atoms with Crippen molar-refractivity contribution < 1.29 is 37.5 Å². The third kappa shape index (κ3) is 3.26. The minimum Gasteiger partial charge on any atom is -0.396 e. The fourth-order valence-corrected chi connectivity index (χ4v) is 2.84. The Morgan fingerprint density at radius 3 is 2.80 bits per heavy atom. The second-order valence-corrected chi connectivity index (χ2v) is 5.36. The molecule has 20 heavy (non-hydrogen) atoms. The fourth-order valence-electron chi connectivity index (χ4n) is 2.13. The van der Waals surface area contributed by atoms with Gasteiger partial charge in [0.25, 0.3) is 5.56 Å². The predicted octanol–water partition coefficient (Wildman–Crippen LogP) is 0.291. The van der Waals surface area contributed by atoms with Crippen LogP contribution in [0.2, 0.25) is 0 Å². The number of hydrogen-bond donors (Lipinski definition) is 2. The number of fused-ring (bicyclic) bond motifs is 1. The SMILES string of the molecule is [CH2-]CC1c2c(nc(SCC(N)=O)n(C)c2=O)NC1[CH2-].[Y]. The number of carbonyl (C=O) groups is 1. The van der Waals surface area contributed by atoms with Crippen LogP contribution in [-0.2, 0) is 44.6 Å². The van der Waals surface area contributed by atoms with Gasteiger partial charge in [-0.1, -0.05) is 17.8 Å². The number of nitrogens with two attached hydrogens (primary N) is 1. The maximum atomic E-state index is 12.3. The van der Waals surface area contributed by atoms with E-state index in [0.717, 1.165) is 11.8 Å². The van der Waals surface area contributed by atoms with Crippen LogP contribution >= 0.6 is 11.8 Å². The molecule has 2 atom stereocenters. The summed E-state index contributed by atoms with van der Waals surface area (Å²) in [5.74, 6) is 0.157. The Balaban J connectivity index is 0.00000200. The number of amides is 1.